The first-order valence-corrected chi connectivity index (χ1v) is 30.0. The normalized spacial score (nSPS) is 21.4. The molecular formula is C62H66ClF5N12O9. The van der Waals surface area contributed by atoms with E-state index >= 15 is 8.78 Å². The maximum atomic E-state index is 17.1. The summed E-state index contributed by atoms with van der Waals surface area (Å²) in [6.07, 6.45) is -2.86. The number of fused-ring (bicyclic) bond motifs is 6. The molecule has 470 valence electrons. The minimum atomic E-state index is -4.95. The predicted molar refractivity (Wildman–Crippen MR) is 318 cm³/mol. The number of benzene rings is 2. The van der Waals surface area contributed by atoms with Crippen LogP contribution in [0, 0.1) is 25.5 Å². The van der Waals surface area contributed by atoms with E-state index in [-0.39, 0.29) is 116 Å². The fraction of sp³-hybridized carbons (Fsp3) is 0.468. The number of likely N-dealkylation sites (N-methyl/N-ethyl adjacent to an activating group) is 2. The van der Waals surface area contributed by atoms with Gasteiger partial charge in [0.25, 0.3) is 11.5 Å². The zero-order valence-corrected chi connectivity index (χ0v) is 50.7. The molecule has 4 N–H and O–H groups in total. The fourth-order valence-corrected chi connectivity index (χ4v) is 14.1. The molecule has 3 saturated heterocycles. The summed E-state index contributed by atoms with van der Waals surface area (Å²) in [4.78, 5) is 96.5. The molecule has 4 aromatic heterocycles. The van der Waals surface area contributed by atoms with E-state index in [9.17, 15) is 37.1 Å². The Kier molecular flexibility index (Phi) is 15.8. The first-order chi connectivity index (χ1) is 42.3. The van der Waals surface area contributed by atoms with Gasteiger partial charge in [0, 0.05) is 91.4 Å². The predicted octanol–water partition coefficient (Wildman–Crippen LogP) is 8.62. The number of aryl methyl sites for hydroxylation is 2. The van der Waals surface area contributed by atoms with Crippen molar-refractivity contribution in [1.29, 1.82) is 0 Å². The van der Waals surface area contributed by atoms with Gasteiger partial charge in [-0.2, -0.15) is 23.1 Å². The van der Waals surface area contributed by atoms with E-state index < -0.39 is 99.6 Å². The second kappa shape index (κ2) is 23.0. The number of cyclic esters (lactones) is 1. The third-order valence-electron chi connectivity index (χ3n) is 18.6. The van der Waals surface area contributed by atoms with Crippen LogP contribution in [0.5, 0.6) is 6.01 Å². The molecule has 3 fully saturated rings. The first kappa shape index (κ1) is 61.0. The molecule has 5 atom stereocenters. The molecule has 0 saturated carbocycles. The molecule has 27 heteroatoms. The molecule has 89 heavy (non-hydrogen) atoms. The Balaban J connectivity index is 0.716. The molecule has 12 rings (SSSR count). The lowest BCUT2D eigenvalue weighted by Crippen LogP contribution is -2.54. The Labute approximate surface area is 512 Å². The summed E-state index contributed by atoms with van der Waals surface area (Å²) in [6, 6.07) is 3.60. The summed E-state index contributed by atoms with van der Waals surface area (Å²) in [5.41, 5.74) is 11.1. The standard InChI is InChI=1S/C62H66ClF5N12O9/c1-8-61(39-21-44-51-37(25-80(44)56(82)38(39)28-86-57(61)83)46-42(69)14-13-35-32(5)41(64)22-43(71-51)47(35)46)89-59(84)76(7)24-33-11-10-16-79(33)60(85)88-26-30(3)55(81)77-17-18-78(31(4)23-77)54-36-20-40(63)48(53-49(62(66,67)68)29(2)19-45(70)72-53)50(65)52(36)73-58(74-54)87-27-34-12-9-15-75(34)6/h19-22,31,33-34,42H,3,8-18,23-28,69H2,1-2,4-7H3,(H2,70,72). The molecule has 0 bridgehead atoms. The van der Waals surface area contributed by atoms with Gasteiger partial charge in [-0.3, -0.25) is 9.59 Å². The van der Waals surface area contributed by atoms with Crippen LogP contribution in [-0.2, 0) is 55.1 Å². The number of hydrogen-bond donors (Lipinski definition) is 2. The number of anilines is 2. The van der Waals surface area contributed by atoms with Crippen molar-refractivity contribution in [2.45, 2.75) is 122 Å². The number of carbonyl (C=O) groups excluding carboxylic acids is 4. The van der Waals surface area contributed by atoms with Gasteiger partial charge >= 0.3 is 30.3 Å². The van der Waals surface area contributed by atoms with Crippen LogP contribution in [-0.4, -0.2) is 153 Å². The second-order valence-corrected chi connectivity index (χ2v) is 24.5. The lowest BCUT2D eigenvalue weighted by molar-refractivity contribution is -0.173. The largest absolute Gasteiger partial charge is 0.462 e. The van der Waals surface area contributed by atoms with Crippen LogP contribution in [0.25, 0.3) is 44.5 Å². The number of piperazine rings is 1. The zero-order valence-electron chi connectivity index (χ0n) is 49.9. The Morgan fingerprint density at radius 1 is 0.955 bits per heavy atom. The van der Waals surface area contributed by atoms with Crippen LogP contribution in [0.2, 0.25) is 5.02 Å². The van der Waals surface area contributed by atoms with Crippen LogP contribution < -0.4 is 26.7 Å². The Bertz CT molecular complexity index is 4070. The number of carbonyl (C=O) groups is 4. The summed E-state index contributed by atoms with van der Waals surface area (Å²) in [7, 11) is 3.39. The van der Waals surface area contributed by atoms with Gasteiger partial charge in [0.1, 0.15) is 42.8 Å². The highest BCUT2D eigenvalue weighted by Crippen LogP contribution is 2.48. The number of halogens is 6. The average molecular weight is 1250 g/mol. The van der Waals surface area contributed by atoms with Crippen molar-refractivity contribution in [2.75, 3.05) is 77.2 Å². The summed E-state index contributed by atoms with van der Waals surface area (Å²) >= 11 is 6.72. The van der Waals surface area contributed by atoms with Gasteiger partial charge in [-0.25, -0.2) is 33.1 Å². The monoisotopic (exact) mass is 1250 g/mol. The molecule has 6 aromatic rings. The molecule has 1 aliphatic carbocycles. The Morgan fingerprint density at radius 3 is 2.43 bits per heavy atom. The van der Waals surface area contributed by atoms with E-state index in [2.05, 4.69) is 21.4 Å². The van der Waals surface area contributed by atoms with Crippen molar-refractivity contribution in [3.63, 3.8) is 0 Å². The summed E-state index contributed by atoms with van der Waals surface area (Å²) in [6.45, 7) is 11.1. The fourth-order valence-electron chi connectivity index (χ4n) is 13.9. The highest BCUT2D eigenvalue weighted by atomic mass is 35.5. The van der Waals surface area contributed by atoms with Gasteiger partial charge in [-0.1, -0.05) is 25.1 Å². The van der Waals surface area contributed by atoms with Gasteiger partial charge in [0.15, 0.2) is 5.82 Å². The van der Waals surface area contributed by atoms with E-state index in [1.807, 2.05) is 7.05 Å². The number of hydrogen-bond acceptors (Lipinski definition) is 17. The smallest absolute Gasteiger partial charge is 0.418 e. The topological polar surface area (TPSA) is 247 Å². The summed E-state index contributed by atoms with van der Waals surface area (Å²) < 4.78 is 101. The number of rotatable bonds is 12. The van der Waals surface area contributed by atoms with E-state index in [0.29, 0.717) is 48.2 Å². The number of esters is 1. The van der Waals surface area contributed by atoms with E-state index in [0.717, 1.165) is 47.5 Å². The van der Waals surface area contributed by atoms with Crippen LogP contribution >= 0.6 is 11.6 Å². The molecule has 6 aliphatic rings. The van der Waals surface area contributed by atoms with E-state index in [1.54, 1.807) is 31.7 Å². The second-order valence-electron chi connectivity index (χ2n) is 24.1. The Morgan fingerprint density at radius 2 is 1.71 bits per heavy atom. The van der Waals surface area contributed by atoms with E-state index in [1.165, 1.54) is 45.4 Å². The van der Waals surface area contributed by atoms with Gasteiger partial charge in [-0.15, -0.1) is 0 Å². The summed E-state index contributed by atoms with van der Waals surface area (Å²) in [5, 5.41) is 0.447. The SMILES string of the molecule is C=C(COC(=O)N1CCCC1CN(C)C(=O)OC1(CC)C(=O)OCc2c1cc1n(c2=O)Cc2c-1nc1cc(F)c(C)c3c1c2C(N)CC3)C(=O)N1CCN(c2nc(OCC3CCCN3C)nc3c(F)c(-c4nc(N)cc(C)c4C(F)(F)F)c(Cl)cc23)C(C)C1. The maximum absolute atomic E-state index is 17.1. The number of likely N-dealkylation sites (tertiary alicyclic amines) is 2. The average Bonchev–Trinajstić information content (AvgIpc) is 1.73. The third-order valence-corrected chi connectivity index (χ3v) is 18.9. The van der Waals surface area contributed by atoms with Crippen LogP contribution in [0.3, 0.4) is 0 Å². The van der Waals surface area contributed by atoms with Crippen molar-refractivity contribution >= 4 is 69.1 Å². The zero-order chi connectivity index (χ0) is 63.4. The minimum absolute atomic E-state index is 0.000193. The number of amides is 3. The molecule has 5 unspecified atom stereocenters. The number of ether oxygens (including phenoxy) is 4. The van der Waals surface area contributed by atoms with E-state index in [4.69, 9.17) is 52.0 Å². The quantitative estimate of drug-likeness (QED) is 0.0503. The highest BCUT2D eigenvalue weighted by molar-refractivity contribution is 6.34. The molecule has 5 aliphatic heterocycles. The first-order valence-electron chi connectivity index (χ1n) is 29.6. The molecule has 2 aromatic carbocycles. The van der Waals surface area contributed by atoms with Gasteiger partial charge in [0.2, 0.25) is 5.60 Å². The van der Waals surface area contributed by atoms with Crippen molar-refractivity contribution in [3.8, 4) is 28.7 Å². The lowest BCUT2D eigenvalue weighted by atomic mass is 9.82. The third kappa shape index (κ3) is 10.5. The van der Waals surface area contributed by atoms with Crippen molar-refractivity contribution in [1.82, 2.24) is 44.1 Å². The number of nitrogens with zero attached hydrogens (tertiary/aromatic N) is 10. The summed E-state index contributed by atoms with van der Waals surface area (Å²) in [5.74, 6) is -3.12. The van der Waals surface area contributed by atoms with Crippen LogP contribution in [0.1, 0.15) is 103 Å². The van der Waals surface area contributed by atoms with Gasteiger partial charge in [-0.05, 0) is 120 Å². The molecular weight excluding hydrogens is 1190 g/mol. The molecule has 9 heterocycles. The molecule has 3 amide bonds. The maximum Gasteiger partial charge on any atom is 0.418 e. The Hall–Kier alpha value is -8.23. The molecule has 0 radical (unpaired) electrons. The number of nitrogen functional groups attached to an aromatic ring is 1. The van der Waals surface area contributed by atoms with Crippen molar-refractivity contribution in [3.05, 3.63) is 108 Å². The van der Waals surface area contributed by atoms with Crippen molar-refractivity contribution < 1.29 is 60.1 Å². The lowest BCUT2D eigenvalue weighted by Gasteiger charge is -2.41. The van der Waals surface area contributed by atoms with Gasteiger partial charge in [0.05, 0.1) is 56.9 Å². The minimum Gasteiger partial charge on any atom is -0.462 e. The molecule has 0 spiro atoms. The number of nitrogens with two attached hydrogens (primary N) is 2. The number of alkyl halides is 3. The van der Waals surface area contributed by atoms with Crippen LogP contribution in [0.15, 0.2) is 41.2 Å². The van der Waals surface area contributed by atoms with Gasteiger partial charge < -0.3 is 59.5 Å². The number of pyridine rings is 3. The van der Waals surface area contributed by atoms with Crippen molar-refractivity contribution in [2.24, 2.45) is 5.73 Å². The number of aromatic nitrogens is 5. The van der Waals surface area contributed by atoms with Crippen LogP contribution in [0.4, 0.5) is 43.2 Å². The molecule has 21 nitrogen and oxygen atoms in total. The highest BCUT2D eigenvalue weighted by Gasteiger charge is 2.52.